The highest BCUT2D eigenvalue weighted by atomic mass is 32.2. The maximum absolute atomic E-state index is 12.0. The van der Waals surface area contributed by atoms with Crippen LogP contribution in [0.15, 0.2) is 40.9 Å². The summed E-state index contributed by atoms with van der Waals surface area (Å²) in [6.07, 6.45) is 3.37. The van der Waals surface area contributed by atoms with Crippen molar-refractivity contribution in [2.45, 2.75) is 11.3 Å². The molecule has 0 aliphatic carbocycles. The van der Waals surface area contributed by atoms with E-state index < -0.39 is 10.0 Å². The van der Waals surface area contributed by atoms with Gasteiger partial charge in [-0.15, -0.1) is 11.3 Å². The van der Waals surface area contributed by atoms with E-state index in [1.165, 1.54) is 18.5 Å². The van der Waals surface area contributed by atoms with Crippen LogP contribution in [0.1, 0.15) is 4.88 Å². The molecule has 2 rings (SSSR count). The minimum Gasteiger partial charge on any atom is -0.398 e. The molecule has 0 amide bonds. The number of anilines is 1. The Labute approximate surface area is 110 Å². The quantitative estimate of drug-likeness (QED) is 0.864. The van der Waals surface area contributed by atoms with Crippen molar-refractivity contribution in [3.8, 4) is 0 Å². The van der Waals surface area contributed by atoms with Gasteiger partial charge in [0, 0.05) is 23.8 Å². The standard InChI is InChI=1S/C11H13N3O2S2/c12-10-4-5-13-8-11(10)18(15,16)14-6-3-9-2-1-7-17-9/h1-2,4-5,7-8,14H,3,6H2,(H2,12,13). The number of pyridine rings is 1. The third-order valence-electron chi connectivity index (χ3n) is 2.35. The molecule has 3 N–H and O–H groups in total. The van der Waals surface area contributed by atoms with E-state index in [9.17, 15) is 8.42 Å². The number of hydrogen-bond acceptors (Lipinski definition) is 5. The Morgan fingerprint density at radius 2 is 2.22 bits per heavy atom. The summed E-state index contributed by atoms with van der Waals surface area (Å²) in [5, 5.41) is 1.96. The van der Waals surface area contributed by atoms with E-state index in [0.717, 1.165) is 4.88 Å². The van der Waals surface area contributed by atoms with Crippen LogP contribution >= 0.6 is 11.3 Å². The maximum atomic E-state index is 12.0. The van der Waals surface area contributed by atoms with Gasteiger partial charge in [-0.05, 0) is 23.9 Å². The number of sulfonamides is 1. The van der Waals surface area contributed by atoms with Crippen LogP contribution < -0.4 is 10.5 Å². The molecule has 5 nitrogen and oxygen atoms in total. The monoisotopic (exact) mass is 283 g/mol. The van der Waals surface area contributed by atoms with Crippen LogP contribution in [-0.2, 0) is 16.4 Å². The van der Waals surface area contributed by atoms with Gasteiger partial charge in [0.25, 0.3) is 0 Å². The summed E-state index contributed by atoms with van der Waals surface area (Å²) in [6.45, 7) is 0.344. The highest BCUT2D eigenvalue weighted by Gasteiger charge is 2.16. The highest BCUT2D eigenvalue weighted by molar-refractivity contribution is 7.89. The predicted molar refractivity (Wildman–Crippen MR) is 71.9 cm³/mol. The molecule has 18 heavy (non-hydrogen) atoms. The molecule has 0 unspecified atom stereocenters. The van der Waals surface area contributed by atoms with Crippen LogP contribution in [0.5, 0.6) is 0 Å². The fourth-order valence-electron chi connectivity index (χ4n) is 1.46. The summed E-state index contributed by atoms with van der Waals surface area (Å²) in [5.74, 6) is 0. The molecule has 0 radical (unpaired) electrons. The first kappa shape index (κ1) is 13.0. The van der Waals surface area contributed by atoms with E-state index in [1.54, 1.807) is 11.3 Å². The topological polar surface area (TPSA) is 85.1 Å². The molecule has 0 aliphatic heterocycles. The van der Waals surface area contributed by atoms with Crippen molar-refractivity contribution in [3.05, 3.63) is 40.8 Å². The fraction of sp³-hybridized carbons (Fsp3) is 0.182. The third-order valence-corrected chi connectivity index (χ3v) is 4.79. The Morgan fingerprint density at radius 1 is 1.39 bits per heavy atom. The van der Waals surface area contributed by atoms with Gasteiger partial charge in [-0.2, -0.15) is 0 Å². The van der Waals surface area contributed by atoms with Gasteiger partial charge in [0.15, 0.2) is 0 Å². The number of hydrogen-bond donors (Lipinski definition) is 2. The molecule has 0 spiro atoms. The Kier molecular flexibility index (Phi) is 3.95. The Hall–Kier alpha value is -1.44. The highest BCUT2D eigenvalue weighted by Crippen LogP contribution is 2.15. The smallest absolute Gasteiger partial charge is 0.244 e. The average Bonchev–Trinajstić information content (AvgIpc) is 2.82. The molecule has 7 heteroatoms. The molecule has 0 atom stereocenters. The molecule has 2 aromatic rings. The van der Waals surface area contributed by atoms with Crippen LogP contribution in [-0.4, -0.2) is 19.9 Å². The second-order valence-electron chi connectivity index (χ2n) is 3.64. The predicted octanol–water partition coefficient (Wildman–Crippen LogP) is 1.25. The number of aromatic nitrogens is 1. The summed E-state index contributed by atoms with van der Waals surface area (Å²) in [5.41, 5.74) is 5.82. The number of nitrogen functional groups attached to an aromatic ring is 1. The summed E-state index contributed by atoms with van der Waals surface area (Å²) < 4.78 is 26.4. The first-order chi connectivity index (χ1) is 8.59. The fourth-order valence-corrected chi connectivity index (χ4v) is 3.27. The second-order valence-corrected chi connectivity index (χ2v) is 6.41. The molecule has 2 heterocycles. The molecular weight excluding hydrogens is 270 g/mol. The van der Waals surface area contributed by atoms with Crippen molar-refractivity contribution in [1.29, 1.82) is 0 Å². The summed E-state index contributed by atoms with van der Waals surface area (Å²) in [4.78, 5) is 4.93. The summed E-state index contributed by atoms with van der Waals surface area (Å²) in [6, 6.07) is 5.37. The molecule has 0 saturated heterocycles. The van der Waals surface area contributed by atoms with E-state index in [-0.39, 0.29) is 10.6 Å². The van der Waals surface area contributed by atoms with Crippen molar-refractivity contribution in [1.82, 2.24) is 9.71 Å². The number of nitrogens with one attached hydrogen (secondary N) is 1. The SMILES string of the molecule is Nc1ccncc1S(=O)(=O)NCCc1cccs1. The van der Waals surface area contributed by atoms with Gasteiger partial charge >= 0.3 is 0 Å². The van der Waals surface area contributed by atoms with Crippen LogP contribution in [0, 0.1) is 0 Å². The van der Waals surface area contributed by atoms with Gasteiger partial charge in [0.05, 0.1) is 5.69 Å². The van der Waals surface area contributed by atoms with Crippen molar-refractivity contribution in [3.63, 3.8) is 0 Å². The summed E-state index contributed by atoms with van der Waals surface area (Å²) >= 11 is 1.60. The number of nitrogens with two attached hydrogens (primary N) is 1. The Morgan fingerprint density at radius 3 is 2.89 bits per heavy atom. The molecule has 2 aromatic heterocycles. The van der Waals surface area contributed by atoms with Crippen LogP contribution in [0.4, 0.5) is 5.69 Å². The largest absolute Gasteiger partial charge is 0.398 e. The van der Waals surface area contributed by atoms with E-state index in [2.05, 4.69) is 9.71 Å². The first-order valence-electron chi connectivity index (χ1n) is 5.31. The first-order valence-corrected chi connectivity index (χ1v) is 7.67. The van der Waals surface area contributed by atoms with Gasteiger partial charge in [0.2, 0.25) is 10.0 Å². The average molecular weight is 283 g/mol. The second kappa shape index (κ2) is 5.47. The van der Waals surface area contributed by atoms with Gasteiger partial charge < -0.3 is 5.73 Å². The van der Waals surface area contributed by atoms with Gasteiger partial charge in [0.1, 0.15) is 4.90 Å². The molecule has 0 saturated carbocycles. The maximum Gasteiger partial charge on any atom is 0.244 e. The van der Waals surface area contributed by atoms with E-state index in [4.69, 9.17) is 5.73 Å². The molecule has 0 aliphatic rings. The molecule has 0 bridgehead atoms. The Bertz CT molecular complexity index is 609. The van der Waals surface area contributed by atoms with Crippen LogP contribution in [0.3, 0.4) is 0 Å². The summed E-state index contributed by atoms with van der Waals surface area (Å²) in [7, 11) is -3.58. The number of thiophene rings is 1. The molecular formula is C11H13N3O2S2. The minimum atomic E-state index is -3.58. The van der Waals surface area contributed by atoms with E-state index >= 15 is 0 Å². The van der Waals surface area contributed by atoms with Gasteiger partial charge in [-0.25, -0.2) is 13.1 Å². The minimum absolute atomic E-state index is 0.0242. The molecule has 0 aromatic carbocycles. The van der Waals surface area contributed by atoms with Crippen molar-refractivity contribution in [2.75, 3.05) is 12.3 Å². The molecule has 96 valence electrons. The van der Waals surface area contributed by atoms with Crippen LogP contribution in [0.25, 0.3) is 0 Å². The Balaban J connectivity index is 2.02. The van der Waals surface area contributed by atoms with Gasteiger partial charge in [-0.3, -0.25) is 4.98 Å². The normalized spacial score (nSPS) is 11.6. The lowest BCUT2D eigenvalue weighted by Crippen LogP contribution is -2.26. The number of rotatable bonds is 5. The zero-order valence-electron chi connectivity index (χ0n) is 9.54. The van der Waals surface area contributed by atoms with E-state index in [1.807, 2.05) is 17.5 Å². The van der Waals surface area contributed by atoms with Crippen molar-refractivity contribution < 1.29 is 8.42 Å². The lowest BCUT2D eigenvalue weighted by Gasteiger charge is -2.07. The van der Waals surface area contributed by atoms with E-state index in [0.29, 0.717) is 13.0 Å². The molecule has 0 fully saturated rings. The zero-order valence-corrected chi connectivity index (χ0v) is 11.2. The van der Waals surface area contributed by atoms with Gasteiger partial charge in [-0.1, -0.05) is 6.07 Å². The lowest BCUT2D eigenvalue weighted by molar-refractivity contribution is 0.582. The number of nitrogens with zero attached hydrogens (tertiary/aromatic N) is 1. The lowest BCUT2D eigenvalue weighted by atomic mass is 10.3. The van der Waals surface area contributed by atoms with Crippen molar-refractivity contribution in [2.24, 2.45) is 0 Å². The zero-order chi connectivity index (χ0) is 13.0. The van der Waals surface area contributed by atoms with Crippen molar-refractivity contribution >= 4 is 27.0 Å². The van der Waals surface area contributed by atoms with Crippen LogP contribution in [0.2, 0.25) is 0 Å². The third kappa shape index (κ3) is 3.06.